The third-order valence-electron chi connectivity index (χ3n) is 8.48. The third-order valence-corrected chi connectivity index (χ3v) is 14.8. The van der Waals surface area contributed by atoms with E-state index in [0.29, 0.717) is 38.8 Å². The van der Waals surface area contributed by atoms with E-state index in [4.69, 9.17) is 18.8 Å². The van der Waals surface area contributed by atoms with Gasteiger partial charge in [-0.1, -0.05) is 53.5 Å². The van der Waals surface area contributed by atoms with E-state index in [1.54, 1.807) is 13.2 Å². The predicted molar refractivity (Wildman–Crippen MR) is 155 cm³/mol. The molecule has 4 nitrogen and oxygen atoms in total. The molecule has 1 heterocycles. The van der Waals surface area contributed by atoms with Crippen LogP contribution in [0.15, 0.2) is 24.3 Å². The number of benzene rings is 2. The van der Waals surface area contributed by atoms with Gasteiger partial charge in [-0.2, -0.15) is 0 Å². The fourth-order valence-electron chi connectivity index (χ4n) is 5.63. The highest BCUT2D eigenvalue weighted by Crippen LogP contribution is 2.41. The van der Waals surface area contributed by atoms with Crippen LogP contribution in [0.25, 0.3) is 10.8 Å². The molecule has 0 aromatic heterocycles. The molecule has 1 aliphatic heterocycles. The van der Waals surface area contributed by atoms with Gasteiger partial charge in [-0.15, -0.1) is 5.54 Å². The SMILES string of the molecule is COC(C)Oc1cc(B2OC(C)(C)C(C)(C)O2)c2c(C#C[Si](C(C)C)(C(C)C)C(C)C)c(F)ccc2c1. The second-order valence-electron chi connectivity index (χ2n) is 12.2. The van der Waals surface area contributed by atoms with Crippen molar-refractivity contribution >= 4 is 31.4 Å². The molecule has 0 spiro atoms. The van der Waals surface area contributed by atoms with Crippen molar-refractivity contribution in [2.75, 3.05) is 7.11 Å². The van der Waals surface area contributed by atoms with Crippen LogP contribution in [0, 0.1) is 17.3 Å². The van der Waals surface area contributed by atoms with Crippen molar-refractivity contribution in [3.63, 3.8) is 0 Å². The van der Waals surface area contributed by atoms with Gasteiger partial charge < -0.3 is 18.8 Å². The number of halogens is 1. The third kappa shape index (κ3) is 5.50. The van der Waals surface area contributed by atoms with Crippen molar-refractivity contribution < 1.29 is 23.2 Å². The Hall–Kier alpha value is -1.85. The molecule has 0 amide bonds. The number of fused-ring (bicyclic) bond motifs is 1. The molecule has 2 aromatic carbocycles. The summed E-state index contributed by atoms with van der Waals surface area (Å²) < 4.78 is 39.8. The Labute approximate surface area is 224 Å². The zero-order chi connectivity index (χ0) is 27.9. The normalized spacial score (nSPS) is 18.0. The van der Waals surface area contributed by atoms with E-state index in [9.17, 15) is 0 Å². The second-order valence-corrected chi connectivity index (χ2v) is 17.8. The molecule has 3 rings (SSSR count). The quantitative estimate of drug-likeness (QED) is 0.217. The second kappa shape index (κ2) is 10.7. The van der Waals surface area contributed by atoms with Gasteiger partial charge in [-0.3, -0.25) is 0 Å². The van der Waals surface area contributed by atoms with Crippen molar-refractivity contribution in [2.45, 2.75) is 110 Å². The lowest BCUT2D eigenvalue weighted by Crippen LogP contribution is -2.43. The molecule has 1 aliphatic rings. The first-order valence-electron chi connectivity index (χ1n) is 13.4. The van der Waals surface area contributed by atoms with E-state index in [-0.39, 0.29) is 5.82 Å². The molecule has 0 aliphatic carbocycles. The van der Waals surface area contributed by atoms with Crippen LogP contribution in [0.2, 0.25) is 16.6 Å². The first-order valence-corrected chi connectivity index (χ1v) is 15.6. The summed E-state index contributed by atoms with van der Waals surface area (Å²) in [6.07, 6.45) is -0.446. The van der Waals surface area contributed by atoms with Crippen LogP contribution in [0.3, 0.4) is 0 Å². The smallest absolute Gasteiger partial charge is 0.465 e. The van der Waals surface area contributed by atoms with Gasteiger partial charge in [0.15, 0.2) is 6.29 Å². The average Bonchev–Trinajstić information content (AvgIpc) is 3.00. The van der Waals surface area contributed by atoms with E-state index < -0.39 is 32.7 Å². The van der Waals surface area contributed by atoms with Crippen molar-refractivity contribution in [3.8, 4) is 17.2 Å². The van der Waals surface area contributed by atoms with E-state index in [1.165, 1.54) is 6.07 Å². The fraction of sp³-hybridized carbons (Fsp3) is 0.600. The van der Waals surface area contributed by atoms with Crippen LogP contribution in [-0.2, 0) is 14.0 Å². The maximum absolute atomic E-state index is 15.6. The Bertz CT molecular complexity index is 1160. The zero-order valence-electron chi connectivity index (χ0n) is 24.7. The number of hydrogen-bond acceptors (Lipinski definition) is 4. The Morgan fingerprint density at radius 2 is 1.43 bits per heavy atom. The van der Waals surface area contributed by atoms with E-state index in [1.807, 2.05) is 46.8 Å². The van der Waals surface area contributed by atoms with Gasteiger partial charge in [0.1, 0.15) is 19.6 Å². The summed E-state index contributed by atoms with van der Waals surface area (Å²) in [5.41, 5.74) is 5.04. The van der Waals surface area contributed by atoms with Crippen LogP contribution < -0.4 is 10.2 Å². The van der Waals surface area contributed by atoms with E-state index in [0.717, 1.165) is 5.39 Å². The first-order chi connectivity index (χ1) is 17.1. The highest BCUT2D eigenvalue weighted by Gasteiger charge is 2.52. The number of rotatable bonds is 7. The van der Waals surface area contributed by atoms with Gasteiger partial charge in [0.25, 0.3) is 0 Å². The molecule has 1 atom stereocenters. The van der Waals surface area contributed by atoms with Gasteiger partial charge in [-0.25, -0.2) is 4.39 Å². The minimum Gasteiger partial charge on any atom is -0.465 e. The average molecular weight is 527 g/mol. The number of ether oxygens (including phenoxy) is 2. The van der Waals surface area contributed by atoms with Crippen molar-refractivity contribution in [3.05, 3.63) is 35.6 Å². The molecular formula is C30H44BFO4Si. The highest BCUT2D eigenvalue weighted by molar-refractivity contribution is 6.90. The lowest BCUT2D eigenvalue weighted by atomic mass is 9.74. The lowest BCUT2D eigenvalue weighted by Gasteiger charge is -2.38. The topological polar surface area (TPSA) is 36.9 Å². The van der Waals surface area contributed by atoms with Crippen LogP contribution in [0.5, 0.6) is 5.75 Å². The summed E-state index contributed by atoms with van der Waals surface area (Å²) in [5.74, 6) is 3.64. The van der Waals surface area contributed by atoms with Gasteiger partial charge in [0, 0.05) is 12.5 Å². The molecule has 0 radical (unpaired) electrons. The molecule has 1 unspecified atom stereocenters. The predicted octanol–water partition coefficient (Wildman–Crippen LogP) is 7.22. The maximum atomic E-state index is 15.6. The number of methoxy groups -OCH3 is 1. The van der Waals surface area contributed by atoms with Crippen LogP contribution >= 0.6 is 0 Å². The molecule has 0 saturated carbocycles. The summed E-state index contributed by atoms with van der Waals surface area (Å²) in [7, 11) is -1.18. The van der Waals surface area contributed by atoms with Gasteiger partial charge in [0.2, 0.25) is 0 Å². The molecule has 37 heavy (non-hydrogen) atoms. The molecule has 2 aromatic rings. The van der Waals surface area contributed by atoms with Crippen LogP contribution in [0.4, 0.5) is 4.39 Å². The Morgan fingerprint density at radius 1 is 0.892 bits per heavy atom. The summed E-state index contributed by atoms with van der Waals surface area (Å²) in [6.45, 7) is 23.4. The molecule has 0 N–H and O–H groups in total. The summed E-state index contributed by atoms with van der Waals surface area (Å²) in [5, 5.41) is 1.53. The molecule has 1 fully saturated rings. The molecule has 202 valence electrons. The van der Waals surface area contributed by atoms with Crippen LogP contribution in [-0.4, -0.2) is 39.8 Å². The highest BCUT2D eigenvalue weighted by atomic mass is 28.3. The first kappa shape index (κ1) is 29.7. The Morgan fingerprint density at radius 3 is 1.92 bits per heavy atom. The molecular weight excluding hydrogens is 482 g/mol. The molecule has 7 heteroatoms. The maximum Gasteiger partial charge on any atom is 0.495 e. The molecule has 1 saturated heterocycles. The summed E-state index contributed by atoms with van der Waals surface area (Å²) in [6, 6.07) is 7.05. The van der Waals surface area contributed by atoms with Crippen molar-refractivity contribution in [1.82, 2.24) is 0 Å². The summed E-state index contributed by atoms with van der Waals surface area (Å²) >= 11 is 0. The van der Waals surface area contributed by atoms with Gasteiger partial charge in [0.05, 0.1) is 16.8 Å². The minimum absolute atomic E-state index is 0.337. The number of hydrogen-bond donors (Lipinski definition) is 0. The lowest BCUT2D eigenvalue weighted by molar-refractivity contribution is -0.0381. The van der Waals surface area contributed by atoms with Crippen LogP contribution in [0.1, 0.15) is 81.7 Å². The van der Waals surface area contributed by atoms with Crippen molar-refractivity contribution in [1.29, 1.82) is 0 Å². The largest absolute Gasteiger partial charge is 0.495 e. The Balaban J connectivity index is 2.33. The fourth-order valence-corrected chi connectivity index (χ4v) is 10.8. The zero-order valence-corrected chi connectivity index (χ0v) is 25.7. The standard InChI is InChI=1S/C30H44BFO4Si/c1-19(2)37(20(3)4,21(5)6)16-15-25-27(32)14-13-23-17-24(34-22(7)33-12)18-26(28(23)25)31-35-29(8,9)30(10,11)36-31/h13-14,17-22H,1-12H3. The van der Waals surface area contributed by atoms with E-state index in [2.05, 4.69) is 53.0 Å². The van der Waals surface area contributed by atoms with Crippen molar-refractivity contribution in [2.24, 2.45) is 0 Å². The van der Waals surface area contributed by atoms with Gasteiger partial charge in [-0.05, 0) is 80.3 Å². The summed E-state index contributed by atoms with van der Waals surface area (Å²) in [4.78, 5) is 0. The van der Waals surface area contributed by atoms with E-state index >= 15 is 4.39 Å². The monoisotopic (exact) mass is 526 g/mol. The Kier molecular flexibility index (Phi) is 8.61. The van der Waals surface area contributed by atoms with Gasteiger partial charge >= 0.3 is 7.12 Å². The molecule has 0 bridgehead atoms. The minimum atomic E-state index is -2.08.